The standard InChI is InChI=1S/C24H18F5N5O/c1-33(2)22(30)14-7-9-17(16(25)11-14)31-23(35)19-12-20(24(27,28)29)32-34(19)18-10-8-13-5-3-4-6-15(13)21(18)26/h3-12,30H,1-2H3,(H,31,35). The van der Waals surface area contributed by atoms with Crippen molar-refractivity contribution in [3.8, 4) is 5.69 Å². The Morgan fingerprint density at radius 1 is 1.03 bits per heavy atom. The molecule has 0 aliphatic carbocycles. The number of carbonyl (C=O) groups excluding carboxylic acids is 1. The molecule has 3 aromatic carbocycles. The van der Waals surface area contributed by atoms with Crippen LogP contribution in [0.5, 0.6) is 0 Å². The third kappa shape index (κ3) is 4.57. The Kier molecular flexibility index (Phi) is 6.01. The summed E-state index contributed by atoms with van der Waals surface area (Å²) in [4.78, 5) is 14.4. The number of amidine groups is 1. The molecule has 1 heterocycles. The van der Waals surface area contributed by atoms with Gasteiger partial charge in [0.2, 0.25) is 0 Å². The smallest absolute Gasteiger partial charge is 0.363 e. The summed E-state index contributed by atoms with van der Waals surface area (Å²) in [6.45, 7) is 0. The molecule has 1 amide bonds. The summed E-state index contributed by atoms with van der Waals surface area (Å²) in [6.07, 6.45) is -4.91. The number of benzene rings is 3. The number of rotatable bonds is 4. The lowest BCUT2D eigenvalue weighted by atomic mass is 10.1. The van der Waals surface area contributed by atoms with E-state index in [1.54, 1.807) is 32.3 Å². The molecule has 2 N–H and O–H groups in total. The zero-order valence-corrected chi connectivity index (χ0v) is 18.4. The Labute approximate surface area is 196 Å². The second-order valence-corrected chi connectivity index (χ2v) is 7.84. The number of alkyl halides is 3. The van der Waals surface area contributed by atoms with E-state index < -0.39 is 35.1 Å². The molecular weight excluding hydrogens is 469 g/mol. The monoisotopic (exact) mass is 487 g/mol. The van der Waals surface area contributed by atoms with E-state index in [0.29, 0.717) is 16.1 Å². The van der Waals surface area contributed by atoms with Crippen molar-refractivity contribution in [3.63, 3.8) is 0 Å². The van der Waals surface area contributed by atoms with Crippen molar-refractivity contribution in [2.24, 2.45) is 0 Å². The number of fused-ring (bicyclic) bond motifs is 1. The first-order valence-corrected chi connectivity index (χ1v) is 10.2. The molecule has 0 aliphatic rings. The molecule has 180 valence electrons. The van der Waals surface area contributed by atoms with Gasteiger partial charge in [0, 0.05) is 31.1 Å². The fourth-order valence-corrected chi connectivity index (χ4v) is 3.46. The maximum absolute atomic E-state index is 15.2. The Bertz CT molecular complexity index is 1460. The number of hydrogen-bond donors (Lipinski definition) is 2. The van der Waals surface area contributed by atoms with Gasteiger partial charge in [-0.15, -0.1) is 0 Å². The Morgan fingerprint density at radius 2 is 1.74 bits per heavy atom. The van der Waals surface area contributed by atoms with E-state index in [4.69, 9.17) is 5.41 Å². The molecule has 4 rings (SSSR count). The van der Waals surface area contributed by atoms with Crippen molar-refractivity contribution in [2.75, 3.05) is 19.4 Å². The van der Waals surface area contributed by atoms with Crippen LogP contribution in [0.3, 0.4) is 0 Å². The normalized spacial score (nSPS) is 11.5. The molecule has 0 fully saturated rings. The predicted molar refractivity (Wildman–Crippen MR) is 121 cm³/mol. The van der Waals surface area contributed by atoms with Crippen LogP contribution in [-0.2, 0) is 6.18 Å². The van der Waals surface area contributed by atoms with Crippen molar-refractivity contribution < 1.29 is 26.7 Å². The molecule has 0 unspecified atom stereocenters. The molecule has 0 bridgehead atoms. The Morgan fingerprint density at radius 3 is 2.40 bits per heavy atom. The minimum atomic E-state index is -4.91. The summed E-state index contributed by atoms with van der Waals surface area (Å²) >= 11 is 0. The Balaban J connectivity index is 1.76. The van der Waals surface area contributed by atoms with E-state index in [-0.39, 0.29) is 28.2 Å². The zero-order valence-electron chi connectivity index (χ0n) is 18.4. The van der Waals surface area contributed by atoms with Crippen molar-refractivity contribution >= 4 is 28.2 Å². The molecule has 0 radical (unpaired) electrons. The van der Waals surface area contributed by atoms with Gasteiger partial charge in [-0.3, -0.25) is 10.2 Å². The van der Waals surface area contributed by atoms with Crippen LogP contribution in [-0.4, -0.2) is 40.5 Å². The van der Waals surface area contributed by atoms with Crippen LogP contribution in [0, 0.1) is 17.0 Å². The lowest BCUT2D eigenvalue weighted by molar-refractivity contribution is -0.141. The van der Waals surface area contributed by atoms with Gasteiger partial charge in [0.1, 0.15) is 23.0 Å². The SMILES string of the molecule is CN(C)C(=N)c1ccc(NC(=O)c2cc(C(F)(F)F)nn2-c2ccc3ccccc3c2F)c(F)c1. The van der Waals surface area contributed by atoms with Gasteiger partial charge in [-0.25, -0.2) is 13.5 Å². The highest BCUT2D eigenvalue weighted by Gasteiger charge is 2.36. The fourth-order valence-electron chi connectivity index (χ4n) is 3.46. The summed E-state index contributed by atoms with van der Waals surface area (Å²) in [6, 6.07) is 13.1. The van der Waals surface area contributed by atoms with Crippen LogP contribution < -0.4 is 5.32 Å². The molecule has 0 aliphatic heterocycles. The number of carbonyl (C=O) groups is 1. The number of anilines is 1. The van der Waals surface area contributed by atoms with Crippen molar-refractivity contribution in [3.05, 3.63) is 89.2 Å². The van der Waals surface area contributed by atoms with Crippen LogP contribution in [0.2, 0.25) is 0 Å². The third-order valence-electron chi connectivity index (χ3n) is 5.24. The molecule has 0 atom stereocenters. The summed E-state index contributed by atoms with van der Waals surface area (Å²) in [5.41, 5.74) is -2.53. The first kappa shape index (κ1) is 23.9. The maximum Gasteiger partial charge on any atom is 0.435 e. The van der Waals surface area contributed by atoms with E-state index in [2.05, 4.69) is 10.4 Å². The molecular formula is C24H18F5N5O. The summed E-state index contributed by atoms with van der Waals surface area (Å²) < 4.78 is 70.6. The quantitative estimate of drug-likeness (QED) is 0.228. The number of aromatic nitrogens is 2. The lowest BCUT2D eigenvalue weighted by Crippen LogP contribution is -2.22. The predicted octanol–water partition coefficient (Wildman–Crippen LogP) is 5.46. The highest BCUT2D eigenvalue weighted by Crippen LogP contribution is 2.31. The van der Waals surface area contributed by atoms with Crippen LogP contribution >= 0.6 is 0 Å². The van der Waals surface area contributed by atoms with Crippen LogP contribution in [0.15, 0.2) is 60.7 Å². The molecule has 6 nitrogen and oxygen atoms in total. The average Bonchev–Trinajstić information content (AvgIpc) is 3.26. The van der Waals surface area contributed by atoms with E-state index in [1.807, 2.05) is 0 Å². The van der Waals surface area contributed by atoms with Gasteiger partial charge in [-0.2, -0.15) is 18.3 Å². The van der Waals surface area contributed by atoms with Crippen molar-refractivity contribution in [1.82, 2.24) is 14.7 Å². The topological polar surface area (TPSA) is 74.0 Å². The summed E-state index contributed by atoms with van der Waals surface area (Å²) in [5, 5.41) is 14.2. The van der Waals surface area contributed by atoms with Gasteiger partial charge < -0.3 is 10.2 Å². The van der Waals surface area contributed by atoms with Crippen molar-refractivity contribution in [1.29, 1.82) is 5.41 Å². The van der Waals surface area contributed by atoms with Gasteiger partial charge in [-0.1, -0.05) is 30.3 Å². The van der Waals surface area contributed by atoms with Gasteiger partial charge in [-0.05, 0) is 29.7 Å². The van der Waals surface area contributed by atoms with Gasteiger partial charge >= 0.3 is 6.18 Å². The summed E-state index contributed by atoms with van der Waals surface area (Å²) in [5.74, 6) is -2.88. The second-order valence-electron chi connectivity index (χ2n) is 7.84. The number of amides is 1. The fraction of sp³-hybridized carbons (Fsp3) is 0.125. The van der Waals surface area contributed by atoms with E-state index in [0.717, 1.165) is 6.07 Å². The first-order chi connectivity index (χ1) is 16.5. The molecule has 1 aromatic heterocycles. The molecule has 11 heteroatoms. The van der Waals surface area contributed by atoms with Gasteiger partial charge in [0.15, 0.2) is 11.5 Å². The van der Waals surface area contributed by atoms with Crippen molar-refractivity contribution in [2.45, 2.75) is 6.18 Å². The third-order valence-corrected chi connectivity index (χ3v) is 5.24. The van der Waals surface area contributed by atoms with Gasteiger partial charge in [0.25, 0.3) is 5.91 Å². The molecule has 0 spiro atoms. The molecule has 4 aromatic rings. The van der Waals surface area contributed by atoms with E-state index >= 15 is 4.39 Å². The largest absolute Gasteiger partial charge is 0.435 e. The van der Waals surface area contributed by atoms with E-state index in [1.165, 1.54) is 35.2 Å². The first-order valence-electron chi connectivity index (χ1n) is 10.2. The summed E-state index contributed by atoms with van der Waals surface area (Å²) in [7, 11) is 3.20. The van der Waals surface area contributed by atoms with Crippen LogP contribution in [0.25, 0.3) is 16.5 Å². The lowest BCUT2D eigenvalue weighted by Gasteiger charge is -2.15. The number of nitrogens with one attached hydrogen (secondary N) is 2. The Hall–Kier alpha value is -4.28. The number of nitrogens with zero attached hydrogens (tertiary/aromatic N) is 3. The second kappa shape index (κ2) is 8.82. The highest BCUT2D eigenvalue weighted by molar-refractivity contribution is 6.04. The maximum atomic E-state index is 15.2. The minimum Gasteiger partial charge on any atom is -0.363 e. The van der Waals surface area contributed by atoms with Gasteiger partial charge in [0.05, 0.1) is 5.69 Å². The number of hydrogen-bond acceptors (Lipinski definition) is 3. The molecule has 0 saturated carbocycles. The van der Waals surface area contributed by atoms with Crippen LogP contribution in [0.1, 0.15) is 21.7 Å². The minimum absolute atomic E-state index is 0.0152. The zero-order chi connectivity index (χ0) is 25.5. The average molecular weight is 487 g/mol. The molecule has 0 saturated heterocycles. The number of halogens is 5. The highest BCUT2D eigenvalue weighted by atomic mass is 19.4. The van der Waals surface area contributed by atoms with Crippen LogP contribution in [0.4, 0.5) is 27.6 Å². The molecule has 35 heavy (non-hydrogen) atoms. The van der Waals surface area contributed by atoms with E-state index in [9.17, 15) is 22.4 Å².